The molecule has 7 nitrogen and oxygen atoms in total. The summed E-state index contributed by atoms with van der Waals surface area (Å²) in [5.74, 6) is 0.229. The summed E-state index contributed by atoms with van der Waals surface area (Å²) < 4.78 is 10.5. The van der Waals surface area contributed by atoms with Crippen LogP contribution in [0.4, 0.5) is 11.4 Å². The van der Waals surface area contributed by atoms with Crippen molar-refractivity contribution < 1.29 is 19.5 Å². The summed E-state index contributed by atoms with van der Waals surface area (Å²) >= 11 is 0. The van der Waals surface area contributed by atoms with Crippen LogP contribution in [0.2, 0.25) is 0 Å². The van der Waals surface area contributed by atoms with E-state index in [0.29, 0.717) is 18.8 Å². The molecule has 0 spiro atoms. The standard InChI is InChI=1S/C14H22N2O5/c1-11(2)21-13-6-4-5-12(14(13)16(18)19)15(7-9-17)8-10-20-3/h4-6,11,17H,7-10H2,1-3H3. The molecule has 0 saturated carbocycles. The van der Waals surface area contributed by atoms with Crippen LogP contribution in [-0.4, -0.2) is 49.5 Å². The maximum absolute atomic E-state index is 11.4. The zero-order valence-electron chi connectivity index (χ0n) is 12.6. The lowest BCUT2D eigenvalue weighted by Gasteiger charge is -2.24. The van der Waals surface area contributed by atoms with Gasteiger partial charge < -0.3 is 19.5 Å². The molecular formula is C14H22N2O5. The summed E-state index contributed by atoms with van der Waals surface area (Å²) in [6.07, 6.45) is -0.163. The Morgan fingerprint density at radius 3 is 2.62 bits per heavy atom. The number of methoxy groups -OCH3 is 1. The number of ether oxygens (including phenoxy) is 2. The fourth-order valence-electron chi connectivity index (χ4n) is 1.97. The Morgan fingerprint density at radius 1 is 1.38 bits per heavy atom. The molecule has 1 N–H and O–H groups in total. The maximum Gasteiger partial charge on any atom is 0.333 e. The van der Waals surface area contributed by atoms with Crippen LogP contribution in [-0.2, 0) is 4.74 Å². The second-order valence-electron chi connectivity index (χ2n) is 4.75. The molecular weight excluding hydrogens is 276 g/mol. The number of aliphatic hydroxyl groups excluding tert-OH is 1. The van der Waals surface area contributed by atoms with Crippen LogP contribution in [0.25, 0.3) is 0 Å². The van der Waals surface area contributed by atoms with Gasteiger partial charge in [0, 0.05) is 20.2 Å². The first-order valence-corrected chi connectivity index (χ1v) is 6.80. The molecule has 0 bridgehead atoms. The van der Waals surface area contributed by atoms with Gasteiger partial charge in [0.1, 0.15) is 5.69 Å². The number of nitrogens with zero attached hydrogens (tertiary/aromatic N) is 2. The summed E-state index contributed by atoms with van der Waals surface area (Å²) in [5, 5.41) is 20.6. The van der Waals surface area contributed by atoms with Gasteiger partial charge in [0.15, 0.2) is 5.75 Å². The zero-order chi connectivity index (χ0) is 15.8. The molecule has 7 heteroatoms. The molecule has 0 aromatic heterocycles. The van der Waals surface area contributed by atoms with E-state index in [0.717, 1.165) is 0 Å². The Bertz CT molecular complexity index is 465. The van der Waals surface area contributed by atoms with Crippen LogP contribution in [0, 0.1) is 10.1 Å². The van der Waals surface area contributed by atoms with Crippen molar-refractivity contribution >= 4 is 11.4 Å². The number of para-hydroxylation sites is 1. The molecule has 1 aromatic carbocycles. The molecule has 0 aliphatic heterocycles. The number of hydrogen-bond acceptors (Lipinski definition) is 6. The first kappa shape index (κ1) is 17.2. The Labute approximate surface area is 124 Å². The predicted octanol–water partition coefficient (Wildman–Crippen LogP) is 1.83. The molecule has 0 heterocycles. The summed E-state index contributed by atoms with van der Waals surface area (Å²) in [6.45, 7) is 4.67. The largest absolute Gasteiger partial charge is 0.484 e. The van der Waals surface area contributed by atoms with E-state index in [9.17, 15) is 10.1 Å². The predicted molar refractivity (Wildman–Crippen MR) is 80.0 cm³/mol. The van der Waals surface area contributed by atoms with Crippen LogP contribution in [0.3, 0.4) is 0 Å². The van der Waals surface area contributed by atoms with Crippen LogP contribution < -0.4 is 9.64 Å². The number of anilines is 1. The molecule has 0 saturated heterocycles. The lowest BCUT2D eigenvalue weighted by Crippen LogP contribution is -2.30. The van der Waals surface area contributed by atoms with Crippen molar-refractivity contribution in [3.63, 3.8) is 0 Å². The number of hydrogen-bond donors (Lipinski definition) is 1. The van der Waals surface area contributed by atoms with Gasteiger partial charge in [0.25, 0.3) is 0 Å². The van der Waals surface area contributed by atoms with E-state index in [1.807, 2.05) is 13.8 Å². The fourth-order valence-corrected chi connectivity index (χ4v) is 1.97. The number of nitro benzene ring substituents is 1. The molecule has 1 aromatic rings. The molecule has 0 aliphatic carbocycles. The van der Waals surface area contributed by atoms with E-state index >= 15 is 0 Å². The van der Waals surface area contributed by atoms with Crippen molar-refractivity contribution in [1.29, 1.82) is 0 Å². The first-order valence-electron chi connectivity index (χ1n) is 6.80. The van der Waals surface area contributed by atoms with E-state index in [4.69, 9.17) is 14.6 Å². The van der Waals surface area contributed by atoms with Gasteiger partial charge in [0.2, 0.25) is 0 Å². The van der Waals surface area contributed by atoms with E-state index in [1.54, 1.807) is 30.2 Å². The van der Waals surface area contributed by atoms with Crippen LogP contribution in [0.5, 0.6) is 5.75 Å². The number of nitro groups is 1. The van der Waals surface area contributed by atoms with Crippen molar-refractivity contribution in [2.75, 3.05) is 38.3 Å². The molecule has 21 heavy (non-hydrogen) atoms. The summed E-state index contributed by atoms with van der Waals surface area (Å²) in [6, 6.07) is 4.93. The molecule has 0 amide bonds. The molecule has 0 aliphatic rings. The molecule has 1 rings (SSSR count). The average Bonchev–Trinajstić information content (AvgIpc) is 2.42. The summed E-state index contributed by atoms with van der Waals surface area (Å²) in [4.78, 5) is 12.7. The van der Waals surface area contributed by atoms with Gasteiger partial charge in [-0.05, 0) is 26.0 Å². The third-order valence-electron chi connectivity index (χ3n) is 2.80. The van der Waals surface area contributed by atoms with E-state index < -0.39 is 4.92 Å². The monoisotopic (exact) mass is 298 g/mol. The highest BCUT2D eigenvalue weighted by Crippen LogP contribution is 2.37. The maximum atomic E-state index is 11.4. The summed E-state index contributed by atoms with van der Waals surface area (Å²) in [5.41, 5.74) is 0.333. The highest BCUT2D eigenvalue weighted by atomic mass is 16.6. The third kappa shape index (κ3) is 4.87. The topological polar surface area (TPSA) is 85.1 Å². The Balaban J connectivity index is 3.21. The molecule has 0 fully saturated rings. The number of benzene rings is 1. The fraction of sp³-hybridized carbons (Fsp3) is 0.571. The average molecular weight is 298 g/mol. The summed E-state index contributed by atoms with van der Waals surface area (Å²) in [7, 11) is 1.56. The number of rotatable bonds is 9. The van der Waals surface area contributed by atoms with Crippen molar-refractivity contribution in [2.45, 2.75) is 20.0 Å². The molecule has 0 radical (unpaired) electrons. The number of aliphatic hydroxyl groups is 1. The molecule has 118 valence electrons. The minimum absolute atomic E-state index is 0.0873. The van der Waals surface area contributed by atoms with Gasteiger partial charge >= 0.3 is 5.69 Å². The van der Waals surface area contributed by atoms with Gasteiger partial charge in [-0.15, -0.1) is 0 Å². The highest BCUT2D eigenvalue weighted by molar-refractivity contribution is 5.69. The van der Waals surface area contributed by atoms with E-state index in [1.165, 1.54) is 0 Å². The first-order chi connectivity index (χ1) is 10.0. The van der Waals surface area contributed by atoms with Gasteiger partial charge in [-0.1, -0.05) is 6.07 Å². The lowest BCUT2D eigenvalue weighted by molar-refractivity contribution is -0.385. The van der Waals surface area contributed by atoms with Crippen molar-refractivity contribution in [1.82, 2.24) is 0 Å². The lowest BCUT2D eigenvalue weighted by atomic mass is 10.2. The van der Waals surface area contributed by atoms with Crippen LogP contribution in [0.15, 0.2) is 18.2 Å². The van der Waals surface area contributed by atoms with Gasteiger partial charge in [-0.2, -0.15) is 0 Å². The van der Waals surface area contributed by atoms with Gasteiger partial charge in [-0.3, -0.25) is 10.1 Å². The quantitative estimate of drug-likeness (QED) is 0.553. The Hall–Kier alpha value is -1.86. The van der Waals surface area contributed by atoms with Crippen LogP contribution in [0.1, 0.15) is 13.8 Å². The van der Waals surface area contributed by atoms with Crippen molar-refractivity contribution in [2.24, 2.45) is 0 Å². The smallest absolute Gasteiger partial charge is 0.333 e. The van der Waals surface area contributed by atoms with E-state index in [2.05, 4.69) is 0 Å². The second kappa shape index (κ2) is 8.43. The second-order valence-corrected chi connectivity index (χ2v) is 4.75. The SMILES string of the molecule is COCCN(CCO)c1cccc(OC(C)C)c1[N+](=O)[O-]. The molecule has 0 unspecified atom stereocenters. The van der Waals surface area contributed by atoms with Crippen molar-refractivity contribution in [3.05, 3.63) is 28.3 Å². The minimum Gasteiger partial charge on any atom is -0.484 e. The molecule has 0 atom stereocenters. The normalized spacial score (nSPS) is 10.7. The van der Waals surface area contributed by atoms with Gasteiger partial charge in [0.05, 0.1) is 24.2 Å². The van der Waals surface area contributed by atoms with Crippen molar-refractivity contribution in [3.8, 4) is 5.75 Å². The Kier molecular flexibility index (Phi) is 6.90. The zero-order valence-corrected chi connectivity index (χ0v) is 12.6. The highest BCUT2D eigenvalue weighted by Gasteiger charge is 2.25. The Morgan fingerprint density at radius 2 is 2.10 bits per heavy atom. The third-order valence-corrected chi connectivity index (χ3v) is 2.80. The van der Waals surface area contributed by atoms with Crippen LogP contribution >= 0.6 is 0 Å². The minimum atomic E-state index is -0.454. The van der Waals surface area contributed by atoms with E-state index in [-0.39, 0.29) is 30.7 Å². The van der Waals surface area contributed by atoms with Gasteiger partial charge in [-0.25, -0.2) is 0 Å².